The van der Waals surface area contributed by atoms with Crippen LogP contribution in [0.15, 0.2) is 31.0 Å². The van der Waals surface area contributed by atoms with Gasteiger partial charge in [0.05, 0.1) is 22.6 Å². The Kier molecular flexibility index (Phi) is 2.35. The Labute approximate surface area is 121 Å². The van der Waals surface area contributed by atoms with E-state index in [4.69, 9.17) is 0 Å². The molecule has 21 heavy (non-hydrogen) atoms. The van der Waals surface area contributed by atoms with E-state index < -0.39 is 0 Å². The van der Waals surface area contributed by atoms with Gasteiger partial charge in [-0.3, -0.25) is 9.25 Å². The van der Waals surface area contributed by atoms with Gasteiger partial charge in [-0.2, -0.15) is 5.10 Å². The highest BCUT2D eigenvalue weighted by Gasteiger charge is 2.13. The largest absolute Gasteiger partial charge is 0.282 e. The average Bonchev–Trinajstić information content (AvgIpc) is 3.04. The first-order chi connectivity index (χ1) is 10.1. The second-order valence-electron chi connectivity index (χ2n) is 5.24. The van der Waals surface area contributed by atoms with Crippen LogP contribution in [-0.4, -0.2) is 29.3 Å². The van der Waals surface area contributed by atoms with Crippen molar-refractivity contribution >= 4 is 22.1 Å². The third-order valence-electron chi connectivity index (χ3n) is 3.90. The molecule has 0 unspecified atom stereocenters. The molecule has 4 aromatic rings. The lowest BCUT2D eigenvalue weighted by Crippen LogP contribution is -1.99. The average molecular weight is 278 g/mol. The molecular formula is C15H14N6. The highest BCUT2D eigenvalue weighted by molar-refractivity contribution is 5.86. The van der Waals surface area contributed by atoms with Crippen LogP contribution in [0, 0.1) is 13.8 Å². The maximum Gasteiger partial charge on any atom is 0.163 e. The van der Waals surface area contributed by atoms with Crippen LogP contribution in [0.3, 0.4) is 0 Å². The second kappa shape index (κ2) is 4.12. The number of aromatic nitrogens is 6. The maximum atomic E-state index is 4.49. The summed E-state index contributed by atoms with van der Waals surface area (Å²) in [6.07, 6.45) is 5.15. The molecule has 0 radical (unpaired) electrons. The van der Waals surface area contributed by atoms with Gasteiger partial charge in [0.1, 0.15) is 12.7 Å². The molecule has 0 aliphatic heterocycles. The van der Waals surface area contributed by atoms with E-state index in [2.05, 4.69) is 46.0 Å². The van der Waals surface area contributed by atoms with Crippen molar-refractivity contribution in [1.29, 1.82) is 0 Å². The highest BCUT2D eigenvalue weighted by atomic mass is 15.3. The normalized spacial score (nSPS) is 11.6. The van der Waals surface area contributed by atoms with Crippen molar-refractivity contribution in [2.75, 3.05) is 0 Å². The number of hydrogen-bond donors (Lipinski definition) is 0. The van der Waals surface area contributed by atoms with Crippen molar-refractivity contribution in [2.45, 2.75) is 13.8 Å². The van der Waals surface area contributed by atoms with Gasteiger partial charge in [0, 0.05) is 7.05 Å². The second-order valence-corrected chi connectivity index (χ2v) is 5.24. The number of benzene rings is 1. The van der Waals surface area contributed by atoms with Crippen molar-refractivity contribution in [3.8, 4) is 5.82 Å². The molecule has 0 N–H and O–H groups in total. The van der Waals surface area contributed by atoms with Crippen molar-refractivity contribution in [2.24, 2.45) is 7.05 Å². The third kappa shape index (κ3) is 1.65. The van der Waals surface area contributed by atoms with Gasteiger partial charge in [0.15, 0.2) is 11.5 Å². The molecule has 0 saturated heterocycles. The fourth-order valence-electron chi connectivity index (χ4n) is 2.57. The first-order valence-corrected chi connectivity index (χ1v) is 6.72. The third-order valence-corrected chi connectivity index (χ3v) is 3.90. The van der Waals surface area contributed by atoms with Gasteiger partial charge in [-0.15, -0.1) is 0 Å². The molecule has 0 bridgehead atoms. The molecule has 0 spiro atoms. The lowest BCUT2D eigenvalue weighted by Gasteiger charge is -2.06. The highest BCUT2D eigenvalue weighted by Crippen LogP contribution is 2.24. The van der Waals surface area contributed by atoms with Crippen LogP contribution in [0.25, 0.3) is 27.9 Å². The fraction of sp³-hybridized carbons (Fsp3) is 0.200. The molecule has 3 heterocycles. The summed E-state index contributed by atoms with van der Waals surface area (Å²) in [7, 11) is 1.87. The smallest absolute Gasteiger partial charge is 0.163 e. The van der Waals surface area contributed by atoms with E-state index in [0.29, 0.717) is 0 Å². The van der Waals surface area contributed by atoms with Gasteiger partial charge in [-0.25, -0.2) is 15.0 Å². The van der Waals surface area contributed by atoms with Gasteiger partial charge in [-0.1, -0.05) is 0 Å². The zero-order chi connectivity index (χ0) is 14.6. The van der Waals surface area contributed by atoms with Crippen LogP contribution >= 0.6 is 0 Å². The minimum atomic E-state index is 0.804. The molecule has 0 atom stereocenters. The van der Waals surface area contributed by atoms with Crippen molar-refractivity contribution in [3.05, 3.63) is 42.1 Å². The quantitative estimate of drug-likeness (QED) is 0.536. The van der Waals surface area contributed by atoms with Crippen LogP contribution in [-0.2, 0) is 7.05 Å². The predicted molar refractivity (Wildman–Crippen MR) is 80.4 cm³/mol. The first-order valence-electron chi connectivity index (χ1n) is 6.72. The lowest BCUT2D eigenvalue weighted by molar-refractivity contribution is 0.785. The number of hydrogen-bond acceptors (Lipinski definition) is 4. The van der Waals surface area contributed by atoms with E-state index in [1.165, 1.54) is 11.1 Å². The minimum Gasteiger partial charge on any atom is -0.282 e. The van der Waals surface area contributed by atoms with Crippen LogP contribution in [0.1, 0.15) is 11.1 Å². The molecule has 104 valence electrons. The Morgan fingerprint density at radius 3 is 2.67 bits per heavy atom. The molecule has 0 fully saturated rings. The van der Waals surface area contributed by atoms with E-state index in [0.717, 1.165) is 27.9 Å². The van der Waals surface area contributed by atoms with Crippen molar-refractivity contribution in [1.82, 2.24) is 29.3 Å². The van der Waals surface area contributed by atoms with Gasteiger partial charge in [0.25, 0.3) is 0 Å². The molecular weight excluding hydrogens is 264 g/mol. The van der Waals surface area contributed by atoms with Gasteiger partial charge in [-0.05, 0) is 37.1 Å². The monoisotopic (exact) mass is 278 g/mol. The Hall–Kier alpha value is -2.76. The molecule has 6 heteroatoms. The first kappa shape index (κ1) is 12.0. The number of nitrogens with zero attached hydrogens (tertiary/aromatic N) is 6. The van der Waals surface area contributed by atoms with Crippen LogP contribution in [0.4, 0.5) is 0 Å². The number of fused-ring (bicyclic) bond motifs is 2. The Morgan fingerprint density at radius 1 is 1.00 bits per heavy atom. The molecule has 0 aliphatic carbocycles. The Balaban J connectivity index is 2.07. The molecule has 0 aliphatic rings. The van der Waals surface area contributed by atoms with Crippen LogP contribution in [0.5, 0.6) is 0 Å². The van der Waals surface area contributed by atoms with E-state index >= 15 is 0 Å². The molecule has 0 saturated carbocycles. The lowest BCUT2D eigenvalue weighted by atomic mass is 10.1. The molecule has 1 aromatic carbocycles. The maximum absolute atomic E-state index is 4.49. The molecule has 0 amide bonds. The van der Waals surface area contributed by atoms with Crippen LogP contribution < -0.4 is 0 Å². The zero-order valence-corrected chi connectivity index (χ0v) is 12.1. The van der Waals surface area contributed by atoms with Crippen molar-refractivity contribution in [3.63, 3.8) is 0 Å². The fourth-order valence-corrected chi connectivity index (χ4v) is 2.57. The van der Waals surface area contributed by atoms with Crippen LogP contribution in [0.2, 0.25) is 0 Å². The summed E-state index contributed by atoms with van der Waals surface area (Å²) in [5, 5.41) is 5.17. The summed E-state index contributed by atoms with van der Waals surface area (Å²) in [5.41, 5.74) is 5.30. The van der Waals surface area contributed by atoms with Gasteiger partial charge < -0.3 is 0 Å². The Bertz CT molecular complexity index is 979. The zero-order valence-electron chi connectivity index (χ0n) is 12.1. The number of rotatable bonds is 1. The van der Waals surface area contributed by atoms with Gasteiger partial charge in [0.2, 0.25) is 0 Å². The Morgan fingerprint density at radius 2 is 1.81 bits per heavy atom. The molecule has 3 aromatic heterocycles. The van der Waals surface area contributed by atoms with E-state index in [9.17, 15) is 0 Å². The summed E-state index contributed by atoms with van der Waals surface area (Å²) in [6.45, 7) is 4.20. The van der Waals surface area contributed by atoms with E-state index in [1.54, 1.807) is 23.5 Å². The SMILES string of the molecule is Cc1cc2ncn(-c3ncnc4c3cnn4C)c2cc1C. The molecule has 6 nitrogen and oxygen atoms in total. The minimum absolute atomic E-state index is 0.804. The topological polar surface area (TPSA) is 61.4 Å². The van der Waals surface area contributed by atoms with Crippen molar-refractivity contribution < 1.29 is 0 Å². The summed E-state index contributed by atoms with van der Waals surface area (Å²) in [4.78, 5) is 13.2. The number of imidazole rings is 1. The number of aryl methyl sites for hydroxylation is 3. The standard InChI is InChI=1S/C15H14N6/c1-9-4-12-13(5-10(9)2)21(8-18-12)15-11-6-19-20(3)14(11)16-7-17-15/h4-8H,1-3H3. The summed E-state index contributed by atoms with van der Waals surface area (Å²) in [5.74, 6) is 0.804. The summed E-state index contributed by atoms with van der Waals surface area (Å²) in [6, 6.07) is 4.24. The molecule has 4 rings (SSSR count). The van der Waals surface area contributed by atoms with E-state index in [-0.39, 0.29) is 0 Å². The predicted octanol–water partition coefficient (Wildman–Crippen LogP) is 2.32. The van der Waals surface area contributed by atoms with E-state index in [1.807, 2.05) is 11.6 Å². The van der Waals surface area contributed by atoms with Gasteiger partial charge >= 0.3 is 0 Å². The summed E-state index contributed by atoms with van der Waals surface area (Å²) < 4.78 is 3.74. The summed E-state index contributed by atoms with van der Waals surface area (Å²) >= 11 is 0.